The van der Waals surface area contributed by atoms with Crippen LogP contribution in [0.4, 0.5) is 11.9 Å². The second-order valence-electron chi connectivity index (χ2n) is 6.22. The lowest BCUT2D eigenvalue weighted by Gasteiger charge is -2.25. The number of anilines is 2. The predicted octanol–water partition coefficient (Wildman–Crippen LogP) is 2.50. The first kappa shape index (κ1) is 21.0. The predicted molar refractivity (Wildman–Crippen MR) is 105 cm³/mol. The molecule has 1 N–H and O–H groups in total. The molecule has 0 aliphatic carbocycles. The van der Waals surface area contributed by atoms with Crippen molar-refractivity contribution in [3.8, 4) is 11.4 Å². The van der Waals surface area contributed by atoms with Crippen LogP contribution in [0.25, 0.3) is 11.4 Å². The molecule has 8 heteroatoms. The molecule has 8 nitrogen and oxygen atoms in total. The van der Waals surface area contributed by atoms with Crippen LogP contribution >= 0.6 is 0 Å². The van der Waals surface area contributed by atoms with Crippen LogP contribution in [0.2, 0.25) is 0 Å². The monoisotopic (exact) mass is 375 g/mol. The van der Waals surface area contributed by atoms with Crippen molar-refractivity contribution >= 4 is 11.9 Å². The molecule has 2 rings (SSSR count). The molecular formula is C19H29N5O3. The first-order valence-electron chi connectivity index (χ1n) is 9.10. The van der Waals surface area contributed by atoms with E-state index in [9.17, 15) is 5.11 Å². The van der Waals surface area contributed by atoms with Gasteiger partial charge in [-0.2, -0.15) is 15.0 Å². The van der Waals surface area contributed by atoms with Gasteiger partial charge in [-0.15, -0.1) is 0 Å². The summed E-state index contributed by atoms with van der Waals surface area (Å²) in [7, 11) is 3.35. The summed E-state index contributed by atoms with van der Waals surface area (Å²) in [5.41, 5.74) is 0.866. The van der Waals surface area contributed by atoms with Crippen molar-refractivity contribution in [2.75, 3.05) is 44.0 Å². The first-order chi connectivity index (χ1) is 13.1. The van der Waals surface area contributed by atoms with E-state index in [1.807, 2.05) is 30.3 Å². The Morgan fingerprint density at radius 1 is 1.07 bits per heavy atom. The van der Waals surface area contributed by atoms with Crippen LogP contribution in [0.15, 0.2) is 30.3 Å². The zero-order chi connectivity index (χ0) is 19.6. The minimum atomic E-state index is -0.736. The molecule has 1 heterocycles. The van der Waals surface area contributed by atoms with E-state index in [2.05, 4.69) is 21.9 Å². The number of unbranched alkanes of at least 4 members (excludes halogenated alkanes) is 1. The van der Waals surface area contributed by atoms with Gasteiger partial charge in [0.1, 0.15) is 19.7 Å². The van der Waals surface area contributed by atoms with Gasteiger partial charge in [-0.05, 0) is 13.3 Å². The van der Waals surface area contributed by atoms with Gasteiger partial charge in [0.15, 0.2) is 5.82 Å². The summed E-state index contributed by atoms with van der Waals surface area (Å²) in [6.45, 7) is 5.03. The minimum Gasteiger partial charge on any atom is -0.374 e. The summed E-state index contributed by atoms with van der Waals surface area (Å²) in [6, 6.07) is 9.66. The van der Waals surface area contributed by atoms with Gasteiger partial charge < -0.3 is 19.5 Å². The highest BCUT2D eigenvalue weighted by Crippen LogP contribution is 2.21. The lowest BCUT2D eigenvalue weighted by Crippen LogP contribution is -2.33. The van der Waals surface area contributed by atoms with E-state index in [1.165, 1.54) is 0 Å². The molecule has 27 heavy (non-hydrogen) atoms. The number of aromatic nitrogens is 3. The van der Waals surface area contributed by atoms with Crippen LogP contribution in [0, 0.1) is 0 Å². The highest BCUT2D eigenvalue weighted by atomic mass is 16.5. The third-order valence-electron chi connectivity index (χ3n) is 3.98. The number of hydrogen-bond donors (Lipinski definition) is 1. The molecule has 0 aliphatic rings. The van der Waals surface area contributed by atoms with E-state index >= 15 is 0 Å². The third kappa shape index (κ3) is 6.13. The zero-order valence-electron chi connectivity index (χ0n) is 16.5. The maximum Gasteiger partial charge on any atom is 0.234 e. The van der Waals surface area contributed by atoms with Crippen LogP contribution in [-0.4, -0.2) is 60.5 Å². The Morgan fingerprint density at radius 2 is 1.78 bits per heavy atom. The van der Waals surface area contributed by atoms with Crippen molar-refractivity contribution in [2.45, 2.75) is 32.9 Å². The number of methoxy groups -OCH3 is 1. The van der Waals surface area contributed by atoms with Crippen molar-refractivity contribution in [1.82, 2.24) is 15.0 Å². The Balaban J connectivity index is 2.37. The van der Waals surface area contributed by atoms with Crippen LogP contribution in [0.1, 0.15) is 26.7 Å². The van der Waals surface area contributed by atoms with E-state index in [1.54, 1.807) is 30.9 Å². The molecule has 0 amide bonds. The van der Waals surface area contributed by atoms with Crippen molar-refractivity contribution in [1.29, 1.82) is 0 Å². The molecule has 0 spiro atoms. The number of hydrogen-bond acceptors (Lipinski definition) is 8. The summed E-state index contributed by atoms with van der Waals surface area (Å²) >= 11 is 0. The maximum absolute atomic E-state index is 9.93. The van der Waals surface area contributed by atoms with Crippen molar-refractivity contribution in [3.63, 3.8) is 0 Å². The molecule has 1 atom stereocenters. The lowest BCUT2D eigenvalue weighted by molar-refractivity contribution is 0.101. The second-order valence-corrected chi connectivity index (χ2v) is 6.22. The fraction of sp³-hybridized carbons (Fsp3) is 0.526. The summed E-state index contributed by atoms with van der Waals surface area (Å²) in [5.74, 6) is 1.34. The molecule has 0 bridgehead atoms. The Kier molecular flexibility index (Phi) is 8.38. The summed E-state index contributed by atoms with van der Waals surface area (Å²) in [5, 5.41) is 9.93. The van der Waals surface area contributed by atoms with E-state index in [4.69, 9.17) is 9.47 Å². The molecule has 1 aromatic heterocycles. The highest BCUT2D eigenvalue weighted by Gasteiger charge is 2.18. The summed E-state index contributed by atoms with van der Waals surface area (Å²) in [4.78, 5) is 17.0. The van der Waals surface area contributed by atoms with E-state index in [0.717, 1.165) is 18.4 Å². The molecule has 1 aromatic carbocycles. The van der Waals surface area contributed by atoms with Crippen molar-refractivity contribution < 1.29 is 14.6 Å². The number of aliphatic hydroxyl groups excluding tert-OH is 1. The molecular weight excluding hydrogens is 346 g/mol. The number of benzene rings is 1. The largest absolute Gasteiger partial charge is 0.374 e. The van der Waals surface area contributed by atoms with Gasteiger partial charge >= 0.3 is 0 Å². The zero-order valence-corrected chi connectivity index (χ0v) is 16.5. The van der Waals surface area contributed by atoms with Crippen molar-refractivity contribution in [3.05, 3.63) is 30.3 Å². The van der Waals surface area contributed by atoms with Gasteiger partial charge in [-0.3, -0.25) is 4.90 Å². The number of rotatable bonds is 11. The van der Waals surface area contributed by atoms with Gasteiger partial charge in [0.2, 0.25) is 11.9 Å². The van der Waals surface area contributed by atoms with E-state index in [0.29, 0.717) is 31.1 Å². The third-order valence-corrected chi connectivity index (χ3v) is 3.98. The normalized spacial score (nSPS) is 12.0. The fourth-order valence-electron chi connectivity index (χ4n) is 2.27. The standard InChI is InChI=1S/C19H29N5O3/c1-5-6-12-27-14-24(13-26-4)19-21-17(16-10-8-7-9-11-16)20-18(22-19)23(3)15(2)25/h7-11,15,25H,5-6,12-14H2,1-4H3. The Morgan fingerprint density at radius 3 is 2.41 bits per heavy atom. The maximum atomic E-state index is 9.93. The van der Waals surface area contributed by atoms with Gasteiger partial charge in [0.25, 0.3) is 0 Å². The quantitative estimate of drug-likeness (QED) is 0.474. The number of nitrogens with zero attached hydrogens (tertiary/aromatic N) is 5. The lowest BCUT2D eigenvalue weighted by atomic mass is 10.2. The number of ether oxygens (including phenoxy) is 2. The van der Waals surface area contributed by atoms with Crippen LogP contribution in [-0.2, 0) is 9.47 Å². The van der Waals surface area contributed by atoms with E-state index < -0.39 is 6.23 Å². The first-order valence-corrected chi connectivity index (χ1v) is 9.10. The smallest absolute Gasteiger partial charge is 0.234 e. The van der Waals surface area contributed by atoms with E-state index in [-0.39, 0.29) is 6.73 Å². The van der Waals surface area contributed by atoms with Gasteiger partial charge in [0.05, 0.1) is 0 Å². The molecule has 2 aromatic rings. The molecule has 0 radical (unpaired) electrons. The Hall–Kier alpha value is -2.29. The minimum absolute atomic E-state index is 0.280. The van der Waals surface area contributed by atoms with Crippen LogP contribution < -0.4 is 9.80 Å². The molecule has 0 saturated heterocycles. The fourth-order valence-corrected chi connectivity index (χ4v) is 2.27. The van der Waals surface area contributed by atoms with Gasteiger partial charge in [0, 0.05) is 26.3 Å². The molecule has 0 aliphatic heterocycles. The molecule has 0 fully saturated rings. The topological polar surface area (TPSA) is 83.8 Å². The second kappa shape index (κ2) is 10.8. The Labute approximate surface area is 160 Å². The van der Waals surface area contributed by atoms with Gasteiger partial charge in [-0.25, -0.2) is 0 Å². The average Bonchev–Trinajstić information content (AvgIpc) is 2.70. The SMILES string of the molecule is CCCCOCN(COC)c1nc(-c2ccccc2)nc(N(C)C(C)O)n1. The van der Waals surface area contributed by atoms with Crippen LogP contribution in [0.5, 0.6) is 0 Å². The van der Waals surface area contributed by atoms with Gasteiger partial charge in [-0.1, -0.05) is 43.7 Å². The highest BCUT2D eigenvalue weighted by molar-refractivity contribution is 5.58. The summed E-state index contributed by atoms with van der Waals surface area (Å²) in [6.07, 6.45) is 1.32. The van der Waals surface area contributed by atoms with Crippen molar-refractivity contribution in [2.24, 2.45) is 0 Å². The average molecular weight is 375 g/mol. The number of aliphatic hydroxyl groups is 1. The molecule has 148 valence electrons. The molecule has 1 unspecified atom stereocenters. The molecule has 0 saturated carbocycles. The summed E-state index contributed by atoms with van der Waals surface area (Å²) < 4.78 is 11.0. The van der Waals surface area contributed by atoms with Crippen LogP contribution in [0.3, 0.4) is 0 Å². The Bertz CT molecular complexity index is 684.